The number of benzene rings is 1. The molecule has 1 unspecified atom stereocenters. The number of carbonyl (C=O) groups is 1. The molecule has 2 aromatic rings. The molecule has 1 aromatic heterocycles. The van der Waals surface area contributed by atoms with Gasteiger partial charge in [0.2, 0.25) is 0 Å². The predicted octanol–water partition coefficient (Wildman–Crippen LogP) is 3.38. The van der Waals surface area contributed by atoms with Crippen LogP contribution >= 0.6 is 24.0 Å². The first-order valence-electron chi connectivity index (χ1n) is 9.10. The average Bonchev–Trinajstić information content (AvgIpc) is 3.34. The first kappa shape index (κ1) is 22.2. The van der Waals surface area contributed by atoms with Crippen molar-refractivity contribution in [2.45, 2.75) is 31.9 Å². The molecular formula is C20H27IN4O3. The third-order valence-corrected chi connectivity index (χ3v) is 4.54. The quantitative estimate of drug-likeness (QED) is 0.323. The summed E-state index contributed by atoms with van der Waals surface area (Å²) in [6, 6.07) is 11.0. The smallest absolute Gasteiger partial charge is 0.291 e. The number of aliphatic imine (C=N–C) groups is 1. The zero-order valence-electron chi connectivity index (χ0n) is 16.2. The summed E-state index contributed by atoms with van der Waals surface area (Å²) >= 11 is 0. The predicted molar refractivity (Wildman–Crippen MR) is 120 cm³/mol. The summed E-state index contributed by atoms with van der Waals surface area (Å²) in [5.74, 6) is 0.731. The molecule has 1 atom stereocenters. The fourth-order valence-corrected chi connectivity index (χ4v) is 3.01. The fraction of sp³-hybridized carbons (Fsp3) is 0.400. The van der Waals surface area contributed by atoms with Crippen LogP contribution in [-0.4, -0.2) is 37.7 Å². The number of rotatable bonds is 6. The molecule has 3 rings (SSSR count). The van der Waals surface area contributed by atoms with Gasteiger partial charge >= 0.3 is 0 Å². The molecule has 28 heavy (non-hydrogen) atoms. The zero-order chi connectivity index (χ0) is 19.1. The van der Waals surface area contributed by atoms with E-state index in [9.17, 15) is 4.79 Å². The molecule has 3 N–H and O–H groups in total. The highest BCUT2D eigenvalue weighted by Gasteiger charge is 2.29. The summed E-state index contributed by atoms with van der Waals surface area (Å²) in [5, 5.41) is 9.44. The Morgan fingerprint density at radius 3 is 2.79 bits per heavy atom. The Morgan fingerprint density at radius 2 is 2.11 bits per heavy atom. The van der Waals surface area contributed by atoms with Gasteiger partial charge in [-0.15, -0.1) is 24.0 Å². The van der Waals surface area contributed by atoms with Gasteiger partial charge in [0.15, 0.2) is 11.7 Å². The van der Waals surface area contributed by atoms with Gasteiger partial charge in [0.05, 0.1) is 11.9 Å². The van der Waals surface area contributed by atoms with Gasteiger partial charge in [-0.2, -0.15) is 0 Å². The maximum Gasteiger partial charge on any atom is 0.291 e. The van der Waals surface area contributed by atoms with Crippen LogP contribution < -0.4 is 16.0 Å². The van der Waals surface area contributed by atoms with Crippen LogP contribution in [0.4, 0.5) is 5.69 Å². The molecule has 2 heterocycles. The zero-order valence-corrected chi connectivity index (χ0v) is 18.5. The summed E-state index contributed by atoms with van der Waals surface area (Å²) in [4.78, 5) is 16.3. The summed E-state index contributed by atoms with van der Waals surface area (Å²) < 4.78 is 10.9. The molecule has 1 aliphatic rings. The van der Waals surface area contributed by atoms with E-state index in [0.717, 1.165) is 31.0 Å². The number of halogens is 1. The van der Waals surface area contributed by atoms with Crippen molar-refractivity contribution in [3.63, 3.8) is 0 Å². The Labute approximate surface area is 182 Å². The maximum atomic E-state index is 12.1. The Kier molecular flexibility index (Phi) is 8.31. The minimum atomic E-state index is -0.271. The van der Waals surface area contributed by atoms with Gasteiger partial charge in [-0.1, -0.05) is 12.1 Å². The van der Waals surface area contributed by atoms with Crippen LogP contribution in [0.2, 0.25) is 0 Å². The van der Waals surface area contributed by atoms with Gasteiger partial charge in [0, 0.05) is 32.4 Å². The van der Waals surface area contributed by atoms with E-state index >= 15 is 0 Å². The van der Waals surface area contributed by atoms with E-state index in [2.05, 4.69) is 27.9 Å². The lowest BCUT2D eigenvalue weighted by Gasteiger charge is -2.24. The first-order chi connectivity index (χ1) is 13.1. The summed E-state index contributed by atoms with van der Waals surface area (Å²) in [6.45, 7) is 4.24. The number of amides is 1. The van der Waals surface area contributed by atoms with Crippen LogP contribution in [0.25, 0.3) is 0 Å². The summed E-state index contributed by atoms with van der Waals surface area (Å²) in [6.07, 6.45) is 3.63. The van der Waals surface area contributed by atoms with Crippen molar-refractivity contribution >= 4 is 41.5 Å². The van der Waals surface area contributed by atoms with E-state index in [1.807, 2.05) is 24.3 Å². The molecule has 152 valence electrons. The van der Waals surface area contributed by atoms with E-state index in [0.29, 0.717) is 18.8 Å². The van der Waals surface area contributed by atoms with E-state index < -0.39 is 0 Å². The molecule has 0 bridgehead atoms. The molecule has 0 saturated carbocycles. The molecule has 0 radical (unpaired) electrons. The first-order valence-corrected chi connectivity index (χ1v) is 9.10. The van der Waals surface area contributed by atoms with Crippen LogP contribution in [0, 0.1) is 0 Å². The Balaban J connectivity index is 0.00000280. The molecule has 1 aromatic carbocycles. The molecule has 1 amide bonds. The number of nitrogens with zero attached hydrogens (tertiary/aromatic N) is 1. The highest BCUT2D eigenvalue weighted by atomic mass is 127. The molecule has 7 nitrogen and oxygen atoms in total. The second-order valence-corrected chi connectivity index (χ2v) is 6.81. The molecule has 1 fully saturated rings. The van der Waals surface area contributed by atoms with E-state index in [1.54, 1.807) is 19.2 Å². The van der Waals surface area contributed by atoms with Crippen molar-refractivity contribution in [2.24, 2.45) is 4.99 Å². The molecule has 8 heteroatoms. The third kappa shape index (κ3) is 6.23. The Hall–Kier alpha value is -2.07. The molecular weight excluding hydrogens is 471 g/mol. The number of nitrogens with one attached hydrogen (secondary N) is 3. The van der Waals surface area contributed by atoms with Crippen LogP contribution in [0.5, 0.6) is 0 Å². The Morgan fingerprint density at radius 1 is 1.25 bits per heavy atom. The Bertz CT molecular complexity index is 787. The second kappa shape index (κ2) is 10.5. The van der Waals surface area contributed by atoms with Crippen molar-refractivity contribution in [1.29, 1.82) is 0 Å². The third-order valence-electron chi connectivity index (χ3n) is 4.54. The molecule has 1 aliphatic heterocycles. The summed E-state index contributed by atoms with van der Waals surface area (Å²) in [5.41, 5.74) is 1.61. The van der Waals surface area contributed by atoms with Crippen LogP contribution in [0.3, 0.4) is 0 Å². The number of ether oxygens (including phenoxy) is 1. The van der Waals surface area contributed by atoms with Crippen molar-refractivity contribution < 1.29 is 13.9 Å². The largest absolute Gasteiger partial charge is 0.459 e. The van der Waals surface area contributed by atoms with Crippen molar-refractivity contribution in [3.05, 3.63) is 54.0 Å². The highest BCUT2D eigenvalue weighted by Crippen LogP contribution is 2.23. The lowest BCUT2D eigenvalue weighted by Crippen LogP contribution is -2.45. The minimum Gasteiger partial charge on any atom is -0.459 e. The molecule has 1 saturated heterocycles. The average molecular weight is 498 g/mol. The molecule has 0 aliphatic carbocycles. The summed E-state index contributed by atoms with van der Waals surface area (Å²) in [7, 11) is 1.74. The van der Waals surface area contributed by atoms with E-state index in [1.165, 1.54) is 6.26 Å². The SMILES string of the molecule is CN=C(NCc1cccc(NC(=O)c2ccco2)c1)NCC1(C)CCCO1.I. The van der Waals surface area contributed by atoms with E-state index in [4.69, 9.17) is 9.15 Å². The number of guanidine groups is 1. The topological polar surface area (TPSA) is 87.9 Å². The number of anilines is 1. The van der Waals surface area contributed by atoms with Crippen molar-refractivity contribution in [2.75, 3.05) is 25.5 Å². The van der Waals surface area contributed by atoms with Crippen LogP contribution in [0.1, 0.15) is 35.9 Å². The number of hydrogen-bond donors (Lipinski definition) is 3. The van der Waals surface area contributed by atoms with Gasteiger partial charge in [0.1, 0.15) is 0 Å². The normalized spacial score (nSPS) is 19.0. The number of carbonyl (C=O) groups excluding carboxylic acids is 1. The monoisotopic (exact) mass is 498 g/mol. The lowest BCUT2D eigenvalue weighted by atomic mass is 10.0. The van der Waals surface area contributed by atoms with Gasteiger partial charge in [0.25, 0.3) is 5.91 Å². The minimum absolute atomic E-state index is 0. The van der Waals surface area contributed by atoms with Crippen molar-refractivity contribution in [3.8, 4) is 0 Å². The van der Waals surface area contributed by atoms with Gasteiger partial charge < -0.3 is 25.1 Å². The number of furan rings is 1. The highest BCUT2D eigenvalue weighted by molar-refractivity contribution is 14.0. The van der Waals surface area contributed by atoms with Crippen LogP contribution in [-0.2, 0) is 11.3 Å². The van der Waals surface area contributed by atoms with Gasteiger partial charge in [-0.05, 0) is 49.6 Å². The van der Waals surface area contributed by atoms with Crippen molar-refractivity contribution in [1.82, 2.24) is 10.6 Å². The second-order valence-electron chi connectivity index (χ2n) is 6.81. The van der Waals surface area contributed by atoms with Gasteiger partial charge in [-0.25, -0.2) is 0 Å². The fourth-order valence-electron chi connectivity index (χ4n) is 3.01. The standard InChI is InChI=1S/C20H26N4O3.HI/c1-20(9-5-11-27-20)14-23-19(21-2)22-13-15-6-3-7-16(12-15)24-18(25)17-8-4-10-26-17;/h3-4,6-8,10,12H,5,9,11,13-14H2,1-2H3,(H,24,25)(H2,21,22,23);1H. The number of hydrogen-bond acceptors (Lipinski definition) is 4. The lowest BCUT2D eigenvalue weighted by molar-refractivity contribution is 0.0243. The molecule has 0 spiro atoms. The van der Waals surface area contributed by atoms with Crippen LogP contribution in [0.15, 0.2) is 52.1 Å². The maximum absolute atomic E-state index is 12.1. The van der Waals surface area contributed by atoms with Gasteiger partial charge in [-0.3, -0.25) is 9.79 Å². The van der Waals surface area contributed by atoms with E-state index in [-0.39, 0.29) is 41.2 Å².